The molecule has 0 aliphatic rings. The number of carbonyl (C=O) groups excluding carboxylic acids is 1. The molecule has 7 nitrogen and oxygen atoms in total. The topological polar surface area (TPSA) is 138 Å². The first-order chi connectivity index (χ1) is 6.45. The van der Waals surface area contributed by atoms with Crippen molar-refractivity contribution in [2.75, 3.05) is 6.61 Å². The molecule has 0 aromatic rings. The Morgan fingerprint density at radius 2 is 1.43 bits per heavy atom. The van der Waals surface area contributed by atoms with Crippen LogP contribution in [0.1, 0.15) is 0 Å². The van der Waals surface area contributed by atoms with Crippen LogP contribution in [0, 0.1) is 0 Å². The van der Waals surface area contributed by atoms with Crippen molar-refractivity contribution in [2.45, 2.75) is 30.5 Å². The third-order valence-corrected chi connectivity index (χ3v) is 1.77. The lowest BCUT2D eigenvalue weighted by Gasteiger charge is -2.26. The molecular formula is C7H14O7. The first-order valence-corrected chi connectivity index (χ1v) is 3.92. The summed E-state index contributed by atoms with van der Waals surface area (Å²) in [4.78, 5) is 10.00. The lowest BCUT2D eigenvalue weighted by Crippen LogP contribution is -2.50. The summed E-state index contributed by atoms with van der Waals surface area (Å²) in [5.74, 6) is 0. The van der Waals surface area contributed by atoms with Crippen molar-refractivity contribution in [3.8, 4) is 0 Å². The van der Waals surface area contributed by atoms with Crippen LogP contribution in [0.3, 0.4) is 0 Å². The molecule has 0 amide bonds. The first kappa shape index (κ1) is 13.4. The van der Waals surface area contributed by atoms with Crippen molar-refractivity contribution >= 4 is 6.29 Å². The Balaban J connectivity index is 4.29. The molecule has 0 aromatic carbocycles. The number of rotatable bonds is 6. The highest BCUT2D eigenvalue weighted by Gasteiger charge is 2.33. The highest BCUT2D eigenvalue weighted by molar-refractivity contribution is 5.56. The van der Waals surface area contributed by atoms with Gasteiger partial charge in [0.05, 0.1) is 6.61 Å². The number of hydrogen-bond acceptors (Lipinski definition) is 7. The first-order valence-electron chi connectivity index (χ1n) is 3.92. The summed E-state index contributed by atoms with van der Waals surface area (Å²) >= 11 is 0. The van der Waals surface area contributed by atoms with Gasteiger partial charge in [-0.2, -0.15) is 0 Å². The van der Waals surface area contributed by atoms with Gasteiger partial charge >= 0.3 is 0 Å². The van der Waals surface area contributed by atoms with E-state index in [1.54, 1.807) is 0 Å². The molecule has 0 spiro atoms. The van der Waals surface area contributed by atoms with E-state index in [0.29, 0.717) is 0 Å². The van der Waals surface area contributed by atoms with E-state index < -0.39 is 37.1 Å². The number of aliphatic hydroxyl groups excluding tert-OH is 6. The monoisotopic (exact) mass is 210 g/mol. The van der Waals surface area contributed by atoms with Gasteiger partial charge in [0.15, 0.2) is 6.29 Å². The highest BCUT2D eigenvalue weighted by Crippen LogP contribution is 2.07. The van der Waals surface area contributed by atoms with Gasteiger partial charge in [-0.05, 0) is 0 Å². The summed E-state index contributed by atoms with van der Waals surface area (Å²) < 4.78 is 0. The van der Waals surface area contributed by atoms with Gasteiger partial charge in [-0.3, -0.25) is 0 Å². The Morgan fingerprint density at radius 3 is 1.79 bits per heavy atom. The van der Waals surface area contributed by atoms with Crippen LogP contribution >= 0.6 is 0 Å². The zero-order valence-electron chi connectivity index (χ0n) is 7.26. The van der Waals surface area contributed by atoms with Gasteiger partial charge in [-0.15, -0.1) is 0 Å². The number of carbonyl (C=O) groups is 1. The Morgan fingerprint density at radius 1 is 0.929 bits per heavy atom. The zero-order chi connectivity index (χ0) is 11.3. The molecule has 84 valence electrons. The maximum absolute atomic E-state index is 10.00. The normalized spacial score (nSPS) is 22.1. The summed E-state index contributed by atoms with van der Waals surface area (Å²) in [5, 5.41) is 53.2. The third kappa shape index (κ3) is 3.29. The second-order valence-corrected chi connectivity index (χ2v) is 2.85. The number of hydrogen-bond donors (Lipinski definition) is 6. The van der Waals surface area contributed by atoms with Crippen LogP contribution in [0.4, 0.5) is 0 Å². The molecule has 5 atom stereocenters. The Labute approximate surface area is 79.9 Å². The standard InChI is InChI=1S/C7H14O7/c8-1-3(10)5(12)7(14)6(13)4(11)2-9/h1,3-7,9-14H,2H2/t3-,4+,5-,6-,7+/m0/s1. The predicted octanol–water partition coefficient (Wildman–Crippen LogP) is -4.02. The summed E-state index contributed by atoms with van der Waals surface area (Å²) in [6.45, 7) is -0.817. The van der Waals surface area contributed by atoms with E-state index in [1.807, 2.05) is 0 Å². The van der Waals surface area contributed by atoms with Gasteiger partial charge < -0.3 is 35.4 Å². The van der Waals surface area contributed by atoms with Crippen LogP contribution in [0.5, 0.6) is 0 Å². The van der Waals surface area contributed by atoms with Crippen molar-refractivity contribution in [2.24, 2.45) is 0 Å². The average Bonchev–Trinajstić information content (AvgIpc) is 2.23. The minimum absolute atomic E-state index is 0.0219. The Hall–Kier alpha value is -0.570. The molecule has 0 fully saturated rings. The van der Waals surface area contributed by atoms with Crippen LogP contribution in [-0.2, 0) is 4.79 Å². The lowest BCUT2D eigenvalue weighted by atomic mass is 10.0. The molecule has 14 heavy (non-hydrogen) atoms. The molecule has 0 rings (SSSR count). The molecule has 0 aliphatic carbocycles. The fourth-order valence-electron chi connectivity index (χ4n) is 0.820. The quantitative estimate of drug-likeness (QED) is 0.245. The van der Waals surface area contributed by atoms with E-state index in [1.165, 1.54) is 0 Å². The predicted molar refractivity (Wildman–Crippen MR) is 43.2 cm³/mol. The van der Waals surface area contributed by atoms with Gasteiger partial charge in [-0.25, -0.2) is 0 Å². The van der Waals surface area contributed by atoms with Crippen molar-refractivity contribution in [3.63, 3.8) is 0 Å². The minimum Gasteiger partial charge on any atom is -0.394 e. The van der Waals surface area contributed by atoms with Gasteiger partial charge in [0.1, 0.15) is 30.5 Å². The zero-order valence-corrected chi connectivity index (χ0v) is 7.26. The molecule has 0 radical (unpaired) electrons. The van der Waals surface area contributed by atoms with Crippen LogP contribution in [0.25, 0.3) is 0 Å². The van der Waals surface area contributed by atoms with Gasteiger partial charge in [0, 0.05) is 0 Å². The minimum atomic E-state index is -1.92. The van der Waals surface area contributed by atoms with Crippen molar-refractivity contribution < 1.29 is 35.4 Å². The highest BCUT2D eigenvalue weighted by atomic mass is 16.4. The SMILES string of the molecule is O=C[C@H](O)[C@H](O)[C@@H](O)[C@@H](O)[C@H](O)CO. The number of aliphatic hydroxyl groups is 6. The van der Waals surface area contributed by atoms with E-state index >= 15 is 0 Å². The fourth-order valence-corrected chi connectivity index (χ4v) is 0.820. The molecule has 6 N–H and O–H groups in total. The molecule has 0 aromatic heterocycles. The van der Waals surface area contributed by atoms with Crippen LogP contribution < -0.4 is 0 Å². The molecular weight excluding hydrogens is 196 g/mol. The summed E-state index contributed by atoms with van der Waals surface area (Å²) in [5.41, 5.74) is 0. The lowest BCUT2D eigenvalue weighted by molar-refractivity contribution is -0.147. The van der Waals surface area contributed by atoms with Crippen LogP contribution in [-0.4, -0.2) is 74.1 Å². The molecule has 7 heteroatoms. The van der Waals surface area contributed by atoms with Gasteiger partial charge in [-0.1, -0.05) is 0 Å². The van der Waals surface area contributed by atoms with E-state index in [-0.39, 0.29) is 6.29 Å². The Bertz CT molecular complexity index is 173. The second-order valence-electron chi connectivity index (χ2n) is 2.85. The molecule has 0 saturated carbocycles. The van der Waals surface area contributed by atoms with Crippen LogP contribution in [0.2, 0.25) is 0 Å². The van der Waals surface area contributed by atoms with Crippen molar-refractivity contribution in [1.29, 1.82) is 0 Å². The molecule has 0 heterocycles. The van der Waals surface area contributed by atoms with Gasteiger partial charge in [0.2, 0.25) is 0 Å². The second kappa shape index (κ2) is 6.02. The molecule has 0 saturated heterocycles. The fraction of sp³-hybridized carbons (Fsp3) is 0.857. The maximum atomic E-state index is 10.00. The third-order valence-electron chi connectivity index (χ3n) is 1.77. The van der Waals surface area contributed by atoms with Gasteiger partial charge in [0.25, 0.3) is 0 Å². The Kier molecular flexibility index (Phi) is 5.77. The average molecular weight is 210 g/mol. The molecule has 0 unspecified atom stereocenters. The summed E-state index contributed by atoms with van der Waals surface area (Å²) in [7, 11) is 0. The van der Waals surface area contributed by atoms with E-state index in [2.05, 4.69) is 0 Å². The summed E-state index contributed by atoms with van der Waals surface area (Å²) in [6, 6.07) is 0. The van der Waals surface area contributed by atoms with E-state index in [0.717, 1.165) is 0 Å². The van der Waals surface area contributed by atoms with E-state index in [9.17, 15) is 4.79 Å². The van der Waals surface area contributed by atoms with Crippen molar-refractivity contribution in [1.82, 2.24) is 0 Å². The van der Waals surface area contributed by atoms with Crippen molar-refractivity contribution in [3.05, 3.63) is 0 Å². The molecule has 0 bridgehead atoms. The smallest absolute Gasteiger partial charge is 0.151 e. The van der Waals surface area contributed by atoms with E-state index in [4.69, 9.17) is 30.6 Å². The van der Waals surface area contributed by atoms with Crippen LogP contribution in [0.15, 0.2) is 0 Å². The molecule has 0 aliphatic heterocycles. The maximum Gasteiger partial charge on any atom is 0.151 e. The largest absolute Gasteiger partial charge is 0.394 e. The number of aldehydes is 1. The summed E-state index contributed by atoms with van der Waals surface area (Å²) in [6.07, 6.45) is -9.21.